The van der Waals surface area contributed by atoms with Gasteiger partial charge >= 0.3 is 0 Å². The summed E-state index contributed by atoms with van der Waals surface area (Å²) in [7, 11) is 0. The topological polar surface area (TPSA) is 63.8 Å². The number of nitrogens with two attached hydrogens (primary N) is 1. The van der Waals surface area contributed by atoms with E-state index in [1.165, 1.54) is 0 Å². The van der Waals surface area contributed by atoms with Gasteiger partial charge in [-0.15, -0.1) is 11.8 Å². The molecule has 1 heterocycles. The van der Waals surface area contributed by atoms with Gasteiger partial charge in [0.25, 0.3) is 0 Å². The van der Waals surface area contributed by atoms with Crippen LogP contribution in [0.4, 0.5) is 5.82 Å². The molecule has 1 rings (SSSR count). The van der Waals surface area contributed by atoms with Crippen molar-refractivity contribution in [2.24, 2.45) is 11.8 Å². The first-order valence-corrected chi connectivity index (χ1v) is 5.12. The van der Waals surface area contributed by atoms with Crippen LogP contribution in [0.1, 0.15) is 13.8 Å². The highest BCUT2D eigenvalue weighted by Gasteiger charge is 2.00. The van der Waals surface area contributed by atoms with E-state index in [-0.39, 0.29) is 0 Å². The summed E-state index contributed by atoms with van der Waals surface area (Å²) < 4.78 is 0. The fraction of sp³-hybridized carbons (Fsp3) is 0.500. The van der Waals surface area contributed by atoms with Crippen LogP contribution in [0.25, 0.3) is 0 Å². The van der Waals surface area contributed by atoms with E-state index >= 15 is 0 Å². The quantitative estimate of drug-likeness (QED) is 0.436. The molecule has 0 fully saturated rings. The number of hydrogen-bond donors (Lipinski definition) is 2. The lowest BCUT2D eigenvalue weighted by Crippen LogP contribution is -2.09. The molecule has 0 aliphatic rings. The standard InChI is InChI=1S/C8H14N4S/c1-6(2)5-13-8-4-10-3-7(11-8)12-9/h3-4,6H,5,9H2,1-2H3,(H,11,12). The molecule has 0 aromatic carbocycles. The highest BCUT2D eigenvalue weighted by atomic mass is 32.2. The average Bonchev–Trinajstić information content (AvgIpc) is 2.15. The smallest absolute Gasteiger partial charge is 0.159 e. The summed E-state index contributed by atoms with van der Waals surface area (Å²) in [5.74, 6) is 7.52. The second-order valence-corrected chi connectivity index (χ2v) is 4.13. The van der Waals surface area contributed by atoms with E-state index in [2.05, 4.69) is 29.2 Å². The van der Waals surface area contributed by atoms with Crippen LogP contribution in [-0.2, 0) is 0 Å². The van der Waals surface area contributed by atoms with Gasteiger partial charge in [0.1, 0.15) is 5.03 Å². The highest BCUT2D eigenvalue weighted by Crippen LogP contribution is 2.18. The number of nitrogens with one attached hydrogen (secondary N) is 1. The minimum atomic E-state index is 0.605. The number of nitrogens with zero attached hydrogens (tertiary/aromatic N) is 2. The van der Waals surface area contributed by atoms with E-state index in [4.69, 9.17) is 5.84 Å². The summed E-state index contributed by atoms with van der Waals surface area (Å²) >= 11 is 1.69. The molecule has 0 saturated heterocycles. The largest absolute Gasteiger partial charge is 0.307 e. The summed E-state index contributed by atoms with van der Waals surface area (Å²) in [6, 6.07) is 0. The summed E-state index contributed by atoms with van der Waals surface area (Å²) in [5, 5.41) is 0.907. The Kier molecular flexibility index (Phi) is 3.98. The van der Waals surface area contributed by atoms with Crippen molar-refractivity contribution in [3.63, 3.8) is 0 Å². The van der Waals surface area contributed by atoms with Gasteiger partial charge in [0.2, 0.25) is 0 Å². The second kappa shape index (κ2) is 5.04. The van der Waals surface area contributed by atoms with E-state index in [9.17, 15) is 0 Å². The van der Waals surface area contributed by atoms with Gasteiger partial charge in [-0.3, -0.25) is 4.98 Å². The molecule has 72 valence electrons. The third-order valence-corrected chi connectivity index (χ3v) is 2.65. The Balaban J connectivity index is 2.56. The minimum Gasteiger partial charge on any atom is -0.307 e. The lowest BCUT2D eigenvalue weighted by atomic mass is 10.3. The SMILES string of the molecule is CC(C)CSc1cncc(NN)n1. The van der Waals surface area contributed by atoms with Crippen LogP contribution in [-0.4, -0.2) is 15.7 Å². The first kappa shape index (κ1) is 10.3. The molecule has 0 aliphatic carbocycles. The zero-order valence-electron chi connectivity index (χ0n) is 7.82. The van der Waals surface area contributed by atoms with Crippen molar-refractivity contribution in [1.29, 1.82) is 0 Å². The van der Waals surface area contributed by atoms with Crippen molar-refractivity contribution in [2.75, 3.05) is 11.2 Å². The van der Waals surface area contributed by atoms with Crippen LogP contribution in [0.3, 0.4) is 0 Å². The van der Waals surface area contributed by atoms with Crippen LogP contribution < -0.4 is 11.3 Å². The van der Waals surface area contributed by atoms with Crippen molar-refractivity contribution in [2.45, 2.75) is 18.9 Å². The fourth-order valence-corrected chi connectivity index (χ4v) is 1.54. The molecule has 0 radical (unpaired) electrons. The van der Waals surface area contributed by atoms with Crippen molar-refractivity contribution in [1.82, 2.24) is 9.97 Å². The number of aromatic nitrogens is 2. The Morgan fingerprint density at radius 1 is 1.54 bits per heavy atom. The predicted molar refractivity (Wildman–Crippen MR) is 55.4 cm³/mol. The molecule has 0 bridgehead atoms. The van der Waals surface area contributed by atoms with Crippen molar-refractivity contribution >= 4 is 17.6 Å². The van der Waals surface area contributed by atoms with Crippen LogP contribution in [0, 0.1) is 5.92 Å². The molecule has 3 N–H and O–H groups in total. The summed E-state index contributed by atoms with van der Waals surface area (Å²) in [4.78, 5) is 8.24. The summed E-state index contributed by atoms with van der Waals surface area (Å²) in [5.41, 5.74) is 2.47. The Bertz CT molecular complexity index is 264. The number of hydrazine groups is 1. The summed E-state index contributed by atoms with van der Waals surface area (Å²) in [6.45, 7) is 4.34. The molecule has 1 aromatic rings. The Morgan fingerprint density at radius 3 is 2.92 bits per heavy atom. The maximum Gasteiger partial charge on any atom is 0.159 e. The first-order chi connectivity index (χ1) is 6.22. The molecular weight excluding hydrogens is 184 g/mol. The second-order valence-electron chi connectivity index (χ2n) is 3.09. The summed E-state index contributed by atoms with van der Waals surface area (Å²) in [6.07, 6.45) is 3.34. The Morgan fingerprint density at radius 2 is 2.31 bits per heavy atom. The molecule has 0 atom stereocenters. The third-order valence-electron chi connectivity index (χ3n) is 1.32. The number of thioether (sulfide) groups is 1. The van der Waals surface area contributed by atoms with Gasteiger partial charge in [0.05, 0.1) is 12.4 Å². The molecule has 0 amide bonds. The fourth-order valence-electron chi connectivity index (χ4n) is 0.739. The van der Waals surface area contributed by atoms with Gasteiger partial charge in [-0.2, -0.15) is 0 Å². The molecule has 0 saturated carbocycles. The average molecular weight is 198 g/mol. The minimum absolute atomic E-state index is 0.605. The molecule has 4 nitrogen and oxygen atoms in total. The van der Waals surface area contributed by atoms with E-state index in [0.717, 1.165) is 10.8 Å². The first-order valence-electron chi connectivity index (χ1n) is 4.14. The molecule has 5 heteroatoms. The van der Waals surface area contributed by atoms with Crippen LogP contribution in [0.15, 0.2) is 17.4 Å². The molecule has 13 heavy (non-hydrogen) atoms. The Hall–Kier alpha value is -0.810. The van der Waals surface area contributed by atoms with Gasteiger partial charge in [-0.25, -0.2) is 10.8 Å². The van der Waals surface area contributed by atoms with Crippen LogP contribution in [0.5, 0.6) is 0 Å². The van der Waals surface area contributed by atoms with Gasteiger partial charge in [-0.05, 0) is 5.92 Å². The van der Waals surface area contributed by atoms with Crippen molar-refractivity contribution < 1.29 is 0 Å². The van der Waals surface area contributed by atoms with Crippen LogP contribution in [0.2, 0.25) is 0 Å². The number of anilines is 1. The predicted octanol–water partition coefficient (Wildman–Crippen LogP) is 1.51. The molecule has 0 aliphatic heterocycles. The lowest BCUT2D eigenvalue weighted by Gasteiger charge is -2.04. The maximum absolute atomic E-state index is 5.21. The number of nitrogen functional groups attached to an aromatic ring is 1. The molecular formula is C8H14N4S. The van der Waals surface area contributed by atoms with Crippen molar-refractivity contribution in [3.05, 3.63) is 12.4 Å². The van der Waals surface area contributed by atoms with E-state index in [1.807, 2.05) is 0 Å². The number of hydrogen-bond acceptors (Lipinski definition) is 5. The normalized spacial score (nSPS) is 10.5. The van der Waals surface area contributed by atoms with Gasteiger partial charge in [0, 0.05) is 5.75 Å². The van der Waals surface area contributed by atoms with Gasteiger partial charge in [-0.1, -0.05) is 13.8 Å². The van der Waals surface area contributed by atoms with E-state index in [1.54, 1.807) is 24.2 Å². The molecule has 0 unspecified atom stereocenters. The lowest BCUT2D eigenvalue weighted by molar-refractivity contribution is 0.749. The van der Waals surface area contributed by atoms with E-state index < -0.39 is 0 Å². The monoisotopic (exact) mass is 198 g/mol. The Labute approximate surface area is 82.3 Å². The zero-order valence-corrected chi connectivity index (χ0v) is 8.64. The zero-order chi connectivity index (χ0) is 9.68. The molecule has 1 aromatic heterocycles. The number of rotatable bonds is 4. The van der Waals surface area contributed by atoms with Gasteiger partial charge < -0.3 is 5.43 Å². The third kappa shape index (κ3) is 3.61. The maximum atomic E-state index is 5.21. The van der Waals surface area contributed by atoms with Gasteiger partial charge in [0.15, 0.2) is 5.82 Å². The van der Waals surface area contributed by atoms with E-state index in [0.29, 0.717) is 11.7 Å². The highest BCUT2D eigenvalue weighted by molar-refractivity contribution is 7.99. The van der Waals surface area contributed by atoms with Crippen LogP contribution >= 0.6 is 11.8 Å². The molecule has 0 spiro atoms. The van der Waals surface area contributed by atoms with Crippen molar-refractivity contribution in [3.8, 4) is 0 Å².